The lowest BCUT2D eigenvalue weighted by Crippen LogP contribution is -2.09. The predicted molar refractivity (Wildman–Crippen MR) is 88.1 cm³/mol. The second kappa shape index (κ2) is 6.76. The smallest absolute Gasteiger partial charge is 0.306 e. The molecule has 2 aromatic rings. The molecule has 0 amide bonds. The number of halogens is 2. The van der Waals surface area contributed by atoms with Gasteiger partial charge in [-0.25, -0.2) is 4.39 Å². The molecule has 0 N–H and O–H groups in total. The van der Waals surface area contributed by atoms with Crippen LogP contribution in [0.5, 0.6) is 17.2 Å². The number of hydrogen-bond donors (Lipinski definition) is 0. The van der Waals surface area contributed by atoms with Gasteiger partial charge in [-0.05, 0) is 39.7 Å². The molecule has 2 aromatic carbocycles. The molecular formula is C15H14BrFO5S. The van der Waals surface area contributed by atoms with E-state index in [2.05, 4.69) is 15.9 Å². The molecule has 23 heavy (non-hydrogen) atoms. The van der Waals surface area contributed by atoms with E-state index in [4.69, 9.17) is 13.7 Å². The molecule has 124 valence electrons. The molecule has 0 atom stereocenters. The van der Waals surface area contributed by atoms with Crippen molar-refractivity contribution in [2.45, 2.75) is 0 Å². The molecule has 0 bridgehead atoms. The first-order chi connectivity index (χ1) is 10.8. The molecule has 0 fully saturated rings. The Balaban J connectivity index is 2.82. The average Bonchev–Trinajstić information content (AvgIpc) is 2.46. The third kappa shape index (κ3) is 3.94. The lowest BCUT2D eigenvalue weighted by Gasteiger charge is -2.18. The summed E-state index contributed by atoms with van der Waals surface area (Å²) < 4.78 is 52.5. The zero-order chi connectivity index (χ0) is 17.2. The highest BCUT2D eigenvalue weighted by atomic mass is 79.9. The normalized spacial score (nSPS) is 11.2. The van der Waals surface area contributed by atoms with Crippen molar-refractivity contribution in [1.29, 1.82) is 0 Å². The molecule has 0 radical (unpaired) electrons. The van der Waals surface area contributed by atoms with Crippen molar-refractivity contribution in [2.24, 2.45) is 0 Å². The van der Waals surface area contributed by atoms with E-state index in [-0.39, 0.29) is 11.5 Å². The van der Waals surface area contributed by atoms with E-state index in [1.807, 2.05) is 0 Å². The van der Waals surface area contributed by atoms with Crippen molar-refractivity contribution in [3.05, 3.63) is 40.6 Å². The second-order valence-electron chi connectivity index (χ2n) is 4.59. The third-order valence-electron chi connectivity index (χ3n) is 2.95. The van der Waals surface area contributed by atoms with E-state index in [1.54, 1.807) is 6.07 Å². The van der Waals surface area contributed by atoms with E-state index < -0.39 is 15.9 Å². The summed E-state index contributed by atoms with van der Waals surface area (Å²) in [6.07, 6.45) is 0.925. The number of hydrogen-bond acceptors (Lipinski definition) is 5. The van der Waals surface area contributed by atoms with Crippen LogP contribution in [0.1, 0.15) is 0 Å². The highest BCUT2D eigenvalue weighted by molar-refractivity contribution is 9.10. The maximum absolute atomic E-state index is 13.2. The van der Waals surface area contributed by atoms with Crippen LogP contribution in [0.3, 0.4) is 0 Å². The van der Waals surface area contributed by atoms with Crippen molar-refractivity contribution in [2.75, 3.05) is 20.5 Å². The maximum Gasteiger partial charge on any atom is 0.306 e. The molecule has 0 aromatic heterocycles. The number of benzene rings is 2. The van der Waals surface area contributed by atoms with Gasteiger partial charge in [-0.15, -0.1) is 0 Å². The van der Waals surface area contributed by atoms with E-state index >= 15 is 0 Å². The summed E-state index contributed by atoms with van der Waals surface area (Å²) in [5.74, 6) is 0.0914. The standard InChI is InChI=1S/C15H14BrFO5S/c1-20-12-8-11(16)14(21-2)15(22-23(3,18)19)13(12)9-4-6-10(17)7-5-9/h4-8H,1-3H3. The van der Waals surface area contributed by atoms with Gasteiger partial charge < -0.3 is 13.7 Å². The maximum atomic E-state index is 13.2. The summed E-state index contributed by atoms with van der Waals surface area (Å²) in [5.41, 5.74) is 0.866. The molecule has 0 saturated carbocycles. The predicted octanol–water partition coefficient (Wildman–Crippen LogP) is 3.61. The number of methoxy groups -OCH3 is 2. The molecule has 8 heteroatoms. The van der Waals surface area contributed by atoms with Gasteiger partial charge >= 0.3 is 10.1 Å². The zero-order valence-corrected chi connectivity index (χ0v) is 15.0. The van der Waals surface area contributed by atoms with Gasteiger partial charge in [-0.2, -0.15) is 8.42 Å². The molecule has 0 spiro atoms. The summed E-state index contributed by atoms with van der Waals surface area (Å²) in [6, 6.07) is 7.12. The van der Waals surface area contributed by atoms with Crippen molar-refractivity contribution < 1.29 is 26.5 Å². The summed E-state index contributed by atoms with van der Waals surface area (Å²) >= 11 is 3.29. The fourth-order valence-electron chi connectivity index (χ4n) is 2.06. The summed E-state index contributed by atoms with van der Waals surface area (Å²) in [7, 11) is -1.000. The van der Waals surface area contributed by atoms with Gasteiger partial charge in [0.15, 0.2) is 11.5 Å². The molecule has 2 rings (SSSR count). The van der Waals surface area contributed by atoms with Crippen molar-refractivity contribution in [3.63, 3.8) is 0 Å². The minimum atomic E-state index is -3.82. The molecule has 0 aliphatic rings. The quantitative estimate of drug-likeness (QED) is 0.712. The Morgan fingerprint density at radius 2 is 1.65 bits per heavy atom. The summed E-state index contributed by atoms with van der Waals surface area (Å²) in [4.78, 5) is 0. The van der Waals surface area contributed by atoms with Crippen LogP contribution in [0, 0.1) is 5.82 Å². The minimum absolute atomic E-state index is 0.0344. The van der Waals surface area contributed by atoms with Gasteiger partial charge in [0, 0.05) is 0 Å². The Kier molecular flexibility index (Phi) is 5.16. The summed E-state index contributed by atoms with van der Waals surface area (Å²) in [5, 5.41) is 0. The first-order valence-electron chi connectivity index (χ1n) is 6.36. The lowest BCUT2D eigenvalue weighted by molar-refractivity contribution is 0.382. The van der Waals surface area contributed by atoms with Crippen LogP contribution >= 0.6 is 15.9 Å². The molecule has 5 nitrogen and oxygen atoms in total. The van der Waals surface area contributed by atoms with Crippen LogP contribution in [0.2, 0.25) is 0 Å². The van der Waals surface area contributed by atoms with Gasteiger partial charge in [0.2, 0.25) is 0 Å². The van der Waals surface area contributed by atoms with Gasteiger partial charge in [-0.1, -0.05) is 12.1 Å². The van der Waals surface area contributed by atoms with Crippen molar-refractivity contribution >= 4 is 26.0 Å². The Hall–Kier alpha value is -1.80. The zero-order valence-electron chi connectivity index (χ0n) is 12.6. The van der Waals surface area contributed by atoms with Crippen LogP contribution in [0.4, 0.5) is 4.39 Å². The topological polar surface area (TPSA) is 61.8 Å². The van der Waals surface area contributed by atoms with Gasteiger partial charge in [0.1, 0.15) is 11.6 Å². The lowest BCUT2D eigenvalue weighted by atomic mass is 10.0. The van der Waals surface area contributed by atoms with E-state index in [0.29, 0.717) is 21.3 Å². The highest BCUT2D eigenvalue weighted by Gasteiger charge is 2.24. The van der Waals surface area contributed by atoms with Crippen LogP contribution < -0.4 is 13.7 Å². The van der Waals surface area contributed by atoms with E-state index in [1.165, 1.54) is 38.5 Å². The third-order valence-corrected chi connectivity index (χ3v) is 4.00. The van der Waals surface area contributed by atoms with Crippen LogP contribution in [-0.2, 0) is 10.1 Å². The Morgan fingerprint density at radius 3 is 2.13 bits per heavy atom. The fraction of sp³-hybridized carbons (Fsp3) is 0.200. The van der Waals surface area contributed by atoms with Crippen LogP contribution in [-0.4, -0.2) is 28.9 Å². The Morgan fingerprint density at radius 1 is 1.04 bits per heavy atom. The fourth-order valence-corrected chi connectivity index (χ4v) is 3.07. The minimum Gasteiger partial charge on any atom is -0.496 e. The summed E-state index contributed by atoms with van der Waals surface area (Å²) in [6.45, 7) is 0. The Bertz CT molecular complexity index is 819. The highest BCUT2D eigenvalue weighted by Crippen LogP contribution is 2.49. The average molecular weight is 405 g/mol. The van der Waals surface area contributed by atoms with Gasteiger partial charge in [0.25, 0.3) is 0 Å². The second-order valence-corrected chi connectivity index (χ2v) is 7.02. The molecule has 0 aliphatic carbocycles. The molecular weight excluding hydrogens is 391 g/mol. The number of ether oxygens (including phenoxy) is 2. The monoisotopic (exact) mass is 404 g/mol. The molecule has 0 unspecified atom stereocenters. The first kappa shape index (κ1) is 17.6. The van der Waals surface area contributed by atoms with Crippen LogP contribution in [0.15, 0.2) is 34.8 Å². The van der Waals surface area contributed by atoms with Crippen molar-refractivity contribution in [1.82, 2.24) is 0 Å². The van der Waals surface area contributed by atoms with E-state index in [9.17, 15) is 12.8 Å². The van der Waals surface area contributed by atoms with E-state index in [0.717, 1.165) is 6.26 Å². The van der Waals surface area contributed by atoms with Crippen molar-refractivity contribution in [3.8, 4) is 28.4 Å². The van der Waals surface area contributed by atoms with Crippen LogP contribution in [0.25, 0.3) is 11.1 Å². The molecule has 0 aliphatic heterocycles. The first-order valence-corrected chi connectivity index (χ1v) is 8.97. The Labute approximate surface area is 142 Å². The molecule has 0 heterocycles. The van der Waals surface area contributed by atoms with Gasteiger partial charge in [0.05, 0.1) is 30.5 Å². The SMILES string of the molecule is COc1cc(Br)c(OC)c(OS(C)(=O)=O)c1-c1ccc(F)cc1. The largest absolute Gasteiger partial charge is 0.496 e. The number of rotatable bonds is 5. The molecule has 0 saturated heterocycles. The van der Waals surface area contributed by atoms with Gasteiger partial charge in [-0.3, -0.25) is 0 Å².